The first-order valence-electron chi connectivity index (χ1n) is 40.2. The van der Waals surface area contributed by atoms with Crippen molar-refractivity contribution in [1.82, 2.24) is 0 Å². The van der Waals surface area contributed by atoms with Crippen LogP contribution in [0.4, 0.5) is 0 Å². The fourth-order valence-corrected chi connectivity index (χ4v) is 12.6. The standard InChI is InChI=1S/C15H16.C14H22O.C12H15Cl.C12H12.C12H18.C10H14O2.C10H14.C9H12O.C9H12/c1-15(2,13-9-5-3-6-10-13)14-11-7-4-8-12-14;1-3-4-5-6-7-12-15-14-10-8-13(2)9-11-14;1-12(8-2-3-9-12)10-4-6-11(13)7-5-10;1-2-10-7-8-11-5-3-4-6-12(11)9-10;1-4-10(2)11(3)12-8-6-5-7-9-12;1-4-8-7-9(11-2)5-6-10(8)12-3;1-3-9(2)10-7-5-4-6-8-10;1-8(10-2)9-6-4-3-5-7-9;1-3-9-6-4-8(2)5-7-9/h3-12H,1-2H3;8-11H,3-7,12H2,1-2H3;4-7H,2-3,8-9H2,1H3;3-9H,2H2,1H3;5-11H,4H2,1-3H3;5-7H,4H2,1-3H3;4-9H,3H2,1-2H3;3-8H,1-2H3;4-7H,3H2,1-2H3. The van der Waals surface area contributed by atoms with Crippen molar-refractivity contribution < 1.29 is 18.9 Å². The topological polar surface area (TPSA) is 36.9 Å². The Morgan fingerprint density at radius 2 is 0.889 bits per heavy atom. The highest BCUT2D eigenvalue weighted by Gasteiger charge is 2.30. The maximum Gasteiger partial charge on any atom is 0.122 e. The van der Waals surface area contributed by atoms with Crippen molar-refractivity contribution in [3.8, 4) is 17.2 Å². The van der Waals surface area contributed by atoms with Gasteiger partial charge in [-0.2, -0.15) is 0 Å². The summed E-state index contributed by atoms with van der Waals surface area (Å²) in [7, 11) is 5.07. The Balaban J connectivity index is 0.000000258. The molecule has 1 aliphatic carbocycles. The summed E-state index contributed by atoms with van der Waals surface area (Å²) in [5, 5.41) is 3.51. The number of aryl methyl sites for hydroxylation is 5. The Labute approximate surface area is 662 Å². The first-order chi connectivity index (χ1) is 52.2. The summed E-state index contributed by atoms with van der Waals surface area (Å²) in [6, 6.07) is 99.0. The van der Waals surface area contributed by atoms with Crippen LogP contribution in [0.3, 0.4) is 0 Å². The quantitative estimate of drug-likeness (QED) is 0.0634. The Bertz CT molecular complexity index is 3910. The SMILES string of the molecule is CC(C)(c1ccccc1)c1ccccc1.CC1(c2ccc(Cl)cc2)CCCC1.CCC(C)C(C)c1ccccc1.CCC(C)c1ccccc1.CCCCCCCOc1ccc(C)cc1.CCc1cc(OC)ccc1OC.CCc1ccc(C)cc1.CCc1ccc2ccccc2c1.COC(C)c1ccccc1. The highest BCUT2D eigenvalue weighted by atomic mass is 35.5. The van der Waals surface area contributed by atoms with E-state index in [9.17, 15) is 0 Å². The van der Waals surface area contributed by atoms with Crippen molar-refractivity contribution in [3.05, 3.63) is 351 Å². The number of ether oxygens (including phenoxy) is 4. The molecule has 4 nitrogen and oxygen atoms in total. The maximum atomic E-state index is 5.86. The van der Waals surface area contributed by atoms with Crippen LogP contribution in [0.15, 0.2) is 285 Å². The lowest BCUT2D eigenvalue weighted by Gasteiger charge is -2.25. The van der Waals surface area contributed by atoms with E-state index in [-0.39, 0.29) is 11.5 Å². The summed E-state index contributed by atoms with van der Waals surface area (Å²) >= 11 is 5.86. The minimum atomic E-state index is 0.0858. The van der Waals surface area contributed by atoms with Gasteiger partial charge in [-0.25, -0.2) is 0 Å². The molecule has 0 saturated heterocycles. The molecule has 4 atom stereocenters. The smallest absolute Gasteiger partial charge is 0.122 e. The number of rotatable bonds is 22. The first-order valence-corrected chi connectivity index (χ1v) is 40.6. The molecule has 0 aromatic heterocycles. The molecule has 0 radical (unpaired) electrons. The fourth-order valence-electron chi connectivity index (χ4n) is 12.5. The van der Waals surface area contributed by atoms with Crippen molar-refractivity contribution in [3.63, 3.8) is 0 Å². The number of unbranched alkanes of at least 4 members (excludes halogenated alkanes) is 4. The molecule has 108 heavy (non-hydrogen) atoms. The molecule has 5 heteroatoms. The van der Waals surface area contributed by atoms with E-state index in [1.807, 2.05) is 67.6 Å². The zero-order valence-electron chi connectivity index (χ0n) is 69.6. The van der Waals surface area contributed by atoms with Gasteiger partial charge in [0.2, 0.25) is 0 Å². The molecule has 1 aliphatic rings. The van der Waals surface area contributed by atoms with E-state index < -0.39 is 0 Å². The second kappa shape index (κ2) is 53.2. The molecule has 0 spiro atoms. The Hall–Kier alpha value is -8.67. The summed E-state index contributed by atoms with van der Waals surface area (Å²) in [5.41, 5.74) is 15.4. The molecule has 4 unspecified atom stereocenters. The zero-order valence-corrected chi connectivity index (χ0v) is 70.3. The van der Waals surface area contributed by atoms with Crippen molar-refractivity contribution in [2.75, 3.05) is 27.9 Å². The number of hydrogen-bond acceptors (Lipinski definition) is 4. The van der Waals surface area contributed by atoms with Gasteiger partial charge < -0.3 is 18.9 Å². The largest absolute Gasteiger partial charge is 0.497 e. The molecular formula is C103H135ClO4. The van der Waals surface area contributed by atoms with Crippen LogP contribution in [0.5, 0.6) is 17.2 Å². The maximum absolute atomic E-state index is 5.86. The van der Waals surface area contributed by atoms with E-state index in [0.29, 0.717) is 17.3 Å². The molecular weight excluding hydrogens is 1340 g/mol. The van der Waals surface area contributed by atoms with Crippen molar-refractivity contribution >= 4 is 22.4 Å². The van der Waals surface area contributed by atoms with Gasteiger partial charge in [0.15, 0.2) is 0 Å². The average Bonchev–Trinajstić information content (AvgIpc) is 1.02. The molecule has 0 N–H and O–H groups in total. The van der Waals surface area contributed by atoms with E-state index >= 15 is 0 Å². The second-order valence-corrected chi connectivity index (χ2v) is 29.6. The summed E-state index contributed by atoms with van der Waals surface area (Å²) in [5.74, 6) is 4.99. The van der Waals surface area contributed by atoms with Gasteiger partial charge >= 0.3 is 0 Å². The van der Waals surface area contributed by atoms with Crippen LogP contribution in [0.2, 0.25) is 5.02 Å². The molecule has 0 heterocycles. The van der Waals surface area contributed by atoms with Gasteiger partial charge in [0.1, 0.15) is 17.2 Å². The van der Waals surface area contributed by atoms with Crippen molar-refractivity contribution in [2.45, 2.75) is 223 Å². The predicted molar refractivity (Wildman–Crippen MR) is 472 cm³/mol. The molecule has 0 amide bonds. The monoisotopic (exact) mass is 1470 g/mol. The van der Waals surface area contributed by atoms with Crippen LogP contribution in [0.25, 0.3) is 10.8 Å². The predicted octanol–water partition coefficient (Wildman–Crippen LogP) is 30.2. The summed E-state index contributed by atoms with van der Waals surface area (Å²) < 4.78 is 21.1. The first kappa shape index (κ1) is 91.7. The second-order valence-electron chi connectivity index (χ2n) is 29.2. The summed E-state index contributed by atoms with van der Waals surface area (Å²) in [6.45, 7) is 34.0. The van der Waals surface area contributed by atoms with Crippen LogP contribution >= 0.6 is 11.6 Å². The fraction of sp³-hybridized carbons (Fsp3) is 0.379. The van der Waals surface area contributed by atoms with Crippen LogP contribution in [0, 0.1) is 19.8 Å². The molecule has 0 aliphatic heterocycles. The van der Waals surface area contributed by atoms with Gasteiger partial charge in [0.05, 0.1) is 26.9 Å². The lowest BCUT2D eigenvalue weighted by Crippen LogP contribution is -2.18. The lowest BCUT2D eigenvalue weighted by atomic mass is 9.78. The molecule has 1 saturated carbocycles. The van der Waals surface area contributed by atoms with Crippen LogP contribution in [0.1, 0.15) is 240 Å². The summed E-state index contributed by atoms with van der Waals surface area (Å²) in [4.78, 5) is 0. The van der Waals surface area contributed by atoms with Gasteiger partial charge in [-0.3, -0.25) is 0 Å². The zero-order chi connectivity index (χ0) is 78.8. The number of hydrogen-bond donors (Lipinski definition) is 0. The van der Waals surface area contributed by atoms with Gasteiger partial charge in [0, 0.05) is 17.5 Å². The Kier molecular flexibility index (Phi) is 45.2. The minimum absolute atomic E-state index is 0.0858. The molecule has 11 aromatic carbocycles. The lowest BCUT2D eigenvalue weighted by molar-refractivity contribution is 0.119. The minimum Gasteiger partial charge on any atom is -0.497 e. The average molecular weight is 1470 g/mol. The number of methoxy groups -OCH3 is 3. The van der Waals surface area contributed by atoms with Crippen molar-refractivity contribution in [2.24, 2.45) is 5.92 Å². The van der Waals surface area contributed by atoms with Gasteiger partial charge in [-0.15, -0.1) is 0 Å². The van der Waals surface area contributed by atoms with Gasteiger partial charge in [0.25, 0.3) is 0 Å². The molecule has 11 aromatic rings. The number of benzene rings is 11. The van der Waals surface area contributed by atoms with Crippen molar-refractivity contribution in [1.29, 1.82) is 0 Å². The van der Waals surface area contributed by atoms with E-state index in [0.717, 1.165) is 54.1 Å². The Morgan fingerprint density at radius 1 is 0.426 bits per heavy atom. The normalized spacial score (nSPS) is 12.6. The van der Waals surface area contributed by atoms with Gasteiger partial charge in [-0.05, 0) is 192 Å². The van der Waals surface area contributed by atoms with E-state index in [1.165, 1.54) is 143 Å². The molecule has 12 rings (SSSR count). The summed E-state index contributed by atoms with van der Waals surface area (Å²) in [6.07, 6.45) is 17.8. The highest BCUT2D eigenvalue weighted by molar-refractivity contribution is 6.30. The van der Waals surface area contributed by atoms with Crippen LogP contribution in [-0.4, -0.2) is 27.9 Å². The number of fused-ring (bicyclic) bond motifs is 1. The third-order valence-electron chi connectivity index (χ3n) is 20.8. The number of halogens is 1. The van der Waals surface area contributed by atoms with Crippen LogP contribution in [-0.2, 0) is 34.8 Å². The van der Waals surface area contributed by atoms with E-state index in [4.69, 9.17) is 30.5 Å². The highest BCUT2D eigenvalue weighted by Crippen LogP contribution is 2.41. The van der Waals surface area contributed by atoms with E-state index in [1.54, 1.807) is 21.3 Å². The van der Waals surface area contributed by atoms with Gasteiger partial charge in [-0.1, -0.05) is 393 Å². The molecule has 578 valence electrons. The Morgan fingerprint density at radius 3 is 1.36 bits per heavy atom. The molecule has 0 bridgehead atoms. The third-order valence-corrected chi connectivity index (χ3v) is 21.1. The third kappa shape index (κ3) is 34.7. The van der Waals surface area contributed by atoms with E-state index in [2.05, 4.69) is 321 Å². The van der Waals surface area contributed by atoms with Crippen LogP contribution < -0.4 is 14.2 Å². The molecule has 1 fully saturated rings.